The van der Waals surface area contributed by atoms with Crippen LogP contribution in [0.15, 0.2) is 48.7 Å². The zero-order chi connectivity index (χ0) is 14.1. The number of aromatic nitrogens is 1. The number of nitrogens with zero attached hydrogens (tertiary/aromatic N) is 1. The molecular formula is C15H21B2NS. The average Bonchev–Trinajstić information content (AvgIpc) is 2.39. The predicted molar refractivity (Wildman–Crippen MR) is 93.8 cm³/mol. The number of rotatable bonds is 3. The van der Waals surface area contributed by atoms with Crippen molar-refractivity contribution in [3.63, 3.8) is 0 Å². The van der Waals surface area contributed by atoms with Gasteiger partial charge in [0, 0.05) is 11.8 Å². The normalized spacial score (nSPS) is 13.2. The SMILES string of the molecule is BC(B)(c1ccc(-c2ccccc2)nc1)S(C)(C)C. The van der Waals surface area contributed by atoms with Gasteiger partial charge in [-0.15, -0.1) is 0 Å². The third kappa shape index (κ3) is 2.89. The molecule has 0 fully saturated rings. The van der Waals surface area contributed by atoms with Crippen LogP contribution in [0.5, 0.6) is 0 Å². The molecule has 0 amide bonds. The van der Waals surface area contributed by atoms with E-state index in [9.17, 15) is 0 Å². The monoisotopic (exact) mass is 269 g/mol. The number of pyridine rings is 1. The molecule has 2 rings (SSSR count). The Bertz CT molecular complexity index is 545. The first kappa shape index (κ1) is 14.3. The lowest BCUT2D eigenvalue weighted by molar-refractivity contribution is 1.17. The highest BCUT2D eigenvalue weighted by atomic mass is 32.3. The van der Waals surface area contributed by atoms with Crippen LogP contribution in [0.25, 0.3) is 11.3 Å². The maximum Gasteiger partial charge on any atom is 0.115 e. The Morgan fingerprint density at radius 1 is 0.947 bits per heavy atom. The largest absolute Gasteiger partial charge is 0.256 e. The van der Waals surface area contributed by atoms with Crippen molar-refractivity contribution in [1.29, 1.82) is 0 Å². The first-order valence-corrected chi connectivity index (χ1v) is 9.38. The molecule has 4 heteroatoms. The zero-order valence-electron chi connectivity index (χ0n) is 12.5. The molecule has 0 saturated heterocycles. The van der Waals surface area contributed by atoms with Crippen LogP contribution in [0.4, 0.5) is 0 Å². The Hall–Kier alpha value is -1.15. The topological polar surface area (TPSA) is 12.9 Å². The molecule has 2 aromatic rings. The lowest BCUT2D eigenvalue weighted by atomic mass is 9.65. The predicted octanol–water partition coefficient (Wildman–Crippen LogP) is 1.82. The highest BCUT2D eigenvalue weighted by Gasteiger charge is 2.30. The van der Waals surface area contributed by atoms with E-state index in [1.807, 2.05) is 24.4 Å². The van der Waals surface area contributed by atoms with E-state index in [1.54, 1.807) is 0 Å². The fourth-order valence-electron chi connectivity index (χ4n) is 1.88. The molecule has 0 aliphatic carbocycles. The Morgan fingerprint density at radius 3 is 2.05 bits per heavy atom. The summed E-state index contributed by atoms with van der Waals surface area (Å²) in [5.41, 5.74) is 3.55. The van der Waals surface area contributed by atoms with Crippen molar-refractivity contribution >= 4 is 25.7 Å². The Balaban J connectivity index is 2.35. The van der Waals surface area contributed by atoms with E-state index < -0.39 is 10.0 Å². The van der Waals surface area contributed by atoms with Crippen LogP contribution in [-0.2, 0) is 4.55 Å². The molecule has 0 unspecified atom stereocenters. The van der Waals surface area contributed by atoms with Crippen molar-refractivity contribution in [2.45, 2.75) is 4.55 Å². The van der Waals surface area contributed by atoms with Crippen LogP contribution >= 0.6 is 10.0 Å². The van der Waals surface area contributed by atoms with E-state index in [0.717, 1.165) is 5.69 Å². The minimum Gasteiger partial charge on any atom is -0.256 e. The quantitative estimate of drug-likeness (QED) is 0.774. The van der Waals surface area contributed by atoms with E-state index in [2.05, 4.69) is 63.7 Å². The summed E-state index contributed by atoms with van der Waals surface area (Å²) < 4.78 is 0.190. The molecule has 0 aliphatic rings. The van der Waals surface area contributed by atoms with Gasteiger partial charge in [0.25, 0.3) is 0 Å². The van der Waals surface area contributed by atoms with Gasteiger partial charge in [-0.3, -0.25) is 15.0 Å². The third-order valence-corrected chi connectivity index (χ3v) is 7.36. The van der Waals surface area contributed by atoms with Crippen molar-refractivity contribution in [2.75, 3.05) is 18.8 Å². The fourth-order valence-corrected chi connectivity index (χ4v) is 2.71. The summed E-state index contributed by atoms with van der Waals surface area (Å²) >= 11 is 0. The van der Waals surface area contributed by atoms with E-state index in [1.165, 1.54) is 11.1 Å². The highest BCUT2D eigenvalue weighted by molar-refractivity contribution is 8.34. The Kier molecular flexibility index (Phi) is 3.82. The van der Waals surface area contributed by atoms with E-state index >= 15 is 0 Å². The standard InChI is InChI=1S/C15H21B2NS/c1-19(2,3)15(16,17)13-9-10-14(18-11-13)12-7-5-4-6-8-12/h4-11H,16-17H2,1-3H3. The molecule has 1 aromatic carbocycles. The second kappa shape index (κ2) is 5.09. The summed E-state index contributed by atoms with van der Waals surface area (Å²) in [6.45, 7) is 0. The molecule has 19 heavy (non-hydrogen) atoms. The molecule has 1 aromatic heterocycles. The average molecular weight is 269 g/mol. The molecule has 1 heterocycles. The van der Waals surface area contributed by atoms with Gasteiger partial charge in [-0.1, -0.05) is 36.4 Å². The van der Waals surface area contributed by atoms with E-state index in [4.69, 9.17) is 0 Å². The maximum absolute atomic E-state index is 4.64. The lowest BCUT2D eigenvalue weighted by Gasteiger charge is -2.44. The van der Waals surface area contributed by atoms with Crippen LogP contribution in [-0.4, -0.2) is 39.4 Å². The highest BCUT2D eigenvalue weighted by Crippen LogP contribution is 2.51. The smallest absolute Gasteiger partial charge is 0.115 e. The van der Waals surface area contributed by atoms with Gasteiger partial charge in [0.1, 0.15) is 15.7 Å². The van der Waals surface area contributed by atoms with Gasteiger partial charge < -0.3 is 0 Å². The van der Waals surface area contributed by atoms with E-state index in [-0.39, 0.29) is 4.55 Å². The van der Waals surface area contributed by atoms with Crippen molar-refractivity contribution in [3.8, 4) is 11.3 Å². The summed E-state index contributed by atoms with van der Waals surface area (Å²) in [6.07, 6.45) is 9.12. The molecule has 0 spiro atoms. The minimum atomic E-state index is -0.673. The molecular weight excluding hydrogens is 248 g/mol. The third-order valence-electron chi connectivity index (χ3n) is 4.06. The Morgan fingerprint density at radius 2 is 1.58 bits per heavy atom. The van der Waals surface area contributed by atoms with Crippen LogP contribution < -0.4 is 0 Å². The van der Waals surface area contributed by atoms with Crippen molar-refractivity contribution in [2.24, 2.45) is 0 Å². The molecule has 1 nitrogen and oxygen atoms in total. The lowest BCUT2D eigenvalue weighted by Crippen LogP contribution is -2.32. The van der Waals surface area contributed by atoms with Crippen LogP contribution in [0.1, 0.15) is 5.56 Å². The van der Waals surface area contributed by atoms with Gasteiger partial charge in [-0.05, 0) is 34.9 Å². The first-order valence-electron chi connectivity index (χ1n) is 6.52. The van der Waals surface area contributed by atoms with Crippen molar-refractivity contribution in [1.82, 2.24) is 4.98 Å². The summed E-state index contributed by atoms with van der Waals surface area (Å²) in [7, 11) is 3.97. The fraction of sp³-hybridized carbons (Fsp3) is 0.267. The van der Waals surface area contributed by atoms with Crippen molar-refractivity contribution in [3.05, 3.63) is 54.2 Å². The number of benzene rings is 1. The number of hydrogen-bond donors (Lipinski definition) is 0. The summed E-state index contributed by atoms with van der Waals surface area (Å²) in [6, 6.07) is 14.7. The van der Waals surface area contributed by atoms with Crippen LogP contribution in [0.3, 0.4) is 0 Å². The summed E-state index contributed by atoms with van der Waals surface area (Å²) in [5, 5.41) is 0. The molecule has 0 radical (unpaired) electrons. The van der Waals surface area contributed by atoms with Gasteiger partial charge in [-0.25, -0.2) is 0 Å². The second-order valence-corrected chi connectivity index (χ2v) is 10.8. The van der Waals surface area contributed by atoms with Crippen molar-refractivity contribution < 1.29 is 0 Å². The van der Waals surface area contributed by atoms with Gasteiger partial charge in [-0.2, -0.15) is 0 Å². The molecule has 0 bridgehead atoms. The molecule has 0 aliphatic heterocycles. The maximum atomic E-state index is 4.64. The van der Waals surface area contributed by atoms with Crippen LogP contribution in [0, 0.1) is 0 Å². The molecule has 0 N–H and O–H groups in total. The molecule has 0 saturated carbocycles. The summed E-state index contributed by atoms with van der Waals surface area (Å²) in [4.78, 5) is 4.64. The summed E-state index contributed by atoms with van der Waals surface area (Å²) in [5.74, 6) is 0. The van der Waals surface area contributed by atoms with Gasteiger partial charge >= 0.3 is 0 Å². The van der Waals surface area contributed by atoms with Crippen LogP contribution in [0.2, 0.25) is 0 Å². The van der Waals surface area contributed by atoms with Gasteiger partial charge in [0.2, 0.25) is 0 Å². The van der Waals surface area contributed by atoms with E-state index in [0.29, 0.717) is 0 Å². The zero-order valence-corrected chi connectivity index (χ0v) is 13.3. The Labute approximate surface area is 120 Å². The van der Waals surface area contributed by atoms with Gasteiger partial charge in [0.05, 0.1) is 5.69 Å². The van der Waals surface area contributed by atoms with Gasteiger partial charge in [0.15, 0.2) is 0 Å². The molecule has 98 valence electrons. The second-order valence-electron chi connectivity index (χ2n) is 6.15. The minimum absolute atomic E-state index is 0.190. The first-order chi connectivity index (χ1) is 8.82. The number of hydrogen-bond acceptors (Lipinski definition) is 1. The molecule has 0 atom stereocenters.